The monoisotopic (exact) mass is 590 g/mol. The first-order valence-corrected chi connectivity index (χ1v) is 12.9. The van der Waals surface area contributed by atoms with Gasteiger partial charge in [0.05, 0.1) is 23.3 Å². The molecule has 0 atom stereocenters. The quantitative estimate of drug-likeness (QED) is 0.230. The van der Waals surface area contributed by atoms with Crippen molar-refractivity contribution < 1.29 is 103 Å². The van der Waals surface area contributed by atoms with Gasteiger partial charge >= 0.3 is 103 Å². The van der Waals surface area contributed by atoms with Crippen LogP contribution < -0.4 is 113 Å². The van der Waals surface area contributed by atoms with Crippen LogP contribution in [0.25, 0.3) is 89.7 Å². The Labute approximate surface area is 324 Å². The molecule has 0 N–H and O–H groups in total. The molecular weight excluding hydrogens is 575 g/mol. The number of hydrogen-bond donors (Lipinski definition) is 0. The molecule has 4 aromatic carbocycles. The SMILES string of the molecule is [K+].[K+].c1ccc2c(c1)-c1nc-2nc2[n-]c(nc3nc(nc4[n-]c(n1)c1ccccc41)-c1ccccc1-3)c1ccccc21. The second-order valence-electron chi connectivity index (χ2n) is 9.67. The van der Waals surface area contributed by atoms with E-state index >= 15 is 0 Å². The zero-order chi connectivity index (χ0) is 26.2. The molecule has 10 heteroatoms. The molecule has 0 radical (unpaired) electrons. The number of fused-ring (bicyclic) bond motifs is 20. The molecule has 0 amide bonds. The Morgan fingerprint density at radius 3 is 0.810 bits per heavy atom. The van der Waals surface area contributed by atoms with Crippen LogP contribution >= 0.6 is 0 Å². The van der Waals surface area contributed by atoms with Crippen molar-refractivity contribution >= 4 is 44.1 Å². The molecule has 7 aromatic rings. The van der Waals surface area contributed by atoms with Gasteiger partial charge in [0.2, 0.25) is 0 Å². The smallest absolute Gasteiger partial charge is 0.357 e. The molecule has 42 heavy (non-hydrogen) atoms. The fourth-order valence-electron chi connectivity index (χ4n) is 5.46. The van der Waals surface area contributed by atoms with Crippen LogP contribution in [-0.2, 0) is 0 Å². The van der Waals surface area contributed by atoms with Gasteiger partial charge in [-0.25, -0.2) is 9.97 Å². The van der Waals surface area contributed by atoms with Crippen LogP contribution in [0.3, 0.4) is 0 Å². The molecule has 8 bridgehead atoms. The molecule has 186 valence electrons. The van der Waals surface area contributed by atoms with Crippen LogP contribution in [0.15, 0.2) is 97.1 Å². The van der Waals surface area contributed by atoms with Gasteiger partial charge in [-0.1, -0.05) is 97.1 Å². The minimum absolute atomic E-state index is 0. The summed E-state index contributed by atoms with van der Waals surface area (Å²) in [5, 5.41) is 3.57. The van der Waals surface area contributed by atoms with Crippen LogP contribution in [-0.4, -0.2) is 29.9 Å². The summed E-state index contributed by atoms with van der Waals surface area (Å²) in [7, 11) is 0. The van der Waals surface area contributed by atoms with Crippen molar-refractivity contribution in [3.63, 3.8) is 0 Å². The summed E-state index contributed by atoms with van der Waals surface area (Å²) in [4.78, 5) is 39.3. The summed E-state index contributed by atoms with van der Waals surface area (Å²) in [6.45, 7) is 0. The van der Waals surface area contributed by atoms with Crippen molar-refractivity contribution in [2.24, 2.45) is 0 Å². The second-order valence-corrected chi connectivity index (χ2v) is 9.67. The summed E-state index contributed by atoms with van der Waals surface area (Å²) in [5.74, 6) is 2.21. The third-order valence-electron chi connectivity index (χ3n) is 7.33. The summed E-state index contributed by atoms with van der Waals surface area (Å²) in [6, 6.07) is 31.8. The van der Waals surface area contributed by atoms with Crippen molar-refractivity contribution in [2.75, 3.05) is 0 Å². The number of nitrogens with zero attached hydrogens (tertiary/aromatic N) is 8. The average Bonchev–Trinajstić information content (AvgIpc) is 3.73. The average molecular weight is 591 g/mol. The maximum Gasteiger partial charge on any atom is 1.00 e. The topological polar surface area (TPSA) is 106 Å². The largest absolute Gasteiger partial charge is 1.00 e. The van der Waals surface area contributed by atoms with Crippen molar-refractivity contribution in [1.29, 1.82) is 0 Å². The van der Waals surface area contributed by atoms with Gasteiger partial charge in [-0.05, 0) is 21.5 Å². The van der Waals surface area contributed by atoms with E-state index in [1.807, 2.05) is 97.1 Å². The molecule has 2 aliphatic rings. The van der Waals surface area contributed by atoms with Gasteiger partial charge in [0.15, 0.2) is 0 Å². The summed E-state index contributed by atoms with van der Waals surface area (Å²) < 4.78 is 0. The molecular formula is C32H16K2N8. The van der Waals surface area contributed by atoms with Gasteiger partial charge in [-0.2, -0.15) is 0 Å². The van der Waals surface area contributed by atoms with Crippen molar-refractivity contribution in [2.45, 2.75) is 0 Å². The van der Waals surface area contributed by atoms with E-state index < -0.39 is 0 Å². The molecule has 0 aliphatic carbocycles. The molecule has 0 unspecified atom stereocenters. The minimum atomic E-state index is 0. The van der Waals surface area contributed by atoms with Gasteiger partial charge in [-0.15, -0.1) is 0 Å². The molecule has 3 aromatic heterocycles. The van der Waals surface area contributed by atoms with E-state index in [1.54, 1.807) is 0 Å². The second kappa shape index (κ2) is 11.2. The first-order valence-electron chi connectivity index (χ1n) is 12.9. The van der Waals surface area contributed by atoms with Crippen LogP contribution in [0.5, 0.6) is 0 Å². The van der Waals surface area contributed by atoms with Gasteiger partial charge in [0, 0.05) is 44.8 Å². The minimum Gasteiger partial charge on any atom is -0.357 e. The van der Waals surface area contributed by atoms with Gasteiger partial charge < -0.3 is 29.9 Å². The van der Waals surface area contributed by atoms with E-state index in [4.69, 9.17) is 39.9 Å². The van der Waals surface area contributed by atoms with Gasteiger partial charge in [0.1, 0.15) is 0 Å². The Hall–Kier alpha value is -2.49. The van der Waals surface area contributed by atoms with Crippen LogP contribution in [0.2, 0.25) is 0 Å². The summed E-state index contributed by atoms with van der Waals surface area (Å²) in [6.07, 6.45) is 0. The Morgan fingerprint density at radius 1 is 0.310 bits per heavy atom. The number of aromatic nitrogens is 8. The number of rotatable bonds is 0. The third-order valence-corrected chi connectivity index (χ3v) is 7.33. The fraction of sp³-hybridized carbons (Fsp3) is 0. The molecule has 0 fully saturated rings. The van der Waals surface area contributed by atoms with Crippen LogP contribution in [0.4, 0.5) is 0 Å². The van der Waals surface area contributed by atoms with Gasteiger partial charge in [-0.3, -0.25) is 0 Å². The van der Waals surface area contributed by atoms with Crippen molar-refractivity contribution in [1.82, 2.24) is 39.9 Å². The summed E-state index contributed by atoms with van der Waals surface area (Å²) in [5.41, 5.74) is 5.78. The van der Waals surface area contributed by atoms with E-state index in [9.17, 15) is 0 Å². The third kappa shape index (κ3) is 4.49. The molecule has 5 heterocycles. The van der Waals surface area contributed by atoms with E-state index in [2.05, 4.69) is 0 Å². The molecule has 0 spiro atoms. The Bertz CT molecular complexity index is 2040. The number of benzene rings is 4. The maximum absolute atomic E-state index is 4.95. The van der Waals surface area contributed by atoms with Crippen molar-refractivity contribution in [3.05, 3.63) is 97.1 Å². The van der Waals surface area contributed by atoms with Gasteiger partial charge in [0.25, 0.3) is 0 Å². The molecule has 0 saturated heterocycles. The van der Waals surface area contributed by atoms with E-state index in [1.165, 1.54) is 0 Å². The van der Waals surface area contributed by atoms with E-state index in [-0.39, 0.29) is 103 Å². The normalized spacial score (nSPS) is 11.4. The standard InChI is InChI=1S/C32H16N8.2K/c1-2-10-18-17(9-1)25-33-26(18)38-28-21-13-5-6-14-22(21)30(35-28)40-32-24-16-8-7-15-23(24)31(36-32)39-29-20-12-4-3-11-19(20)27(34-29)37-25;;/h1-16H;;/q-2;2*+1. The zero-order valence-corrected chi connectivity index (χ0v) is 29.1. The Morgan fingerprint density at radius 2 is 0.548 bits per heavy atom. The maximum atomic E-state index is 4.95. The molecule has 8 nitrogen and oxygen atoms in total. The van der Waals surface area contributed by atoms with Crippen LogP contribution in [0.1, 0.15) is 0 Å². The first-order chi connectivity index (χ1) is 19.8. The van der Waals surface area contributed by atoms with Crippen LogP contribution in [0, 0.1) is 0 Å². The molecule has 9 rings (SSSR count). The first kappa shape index (κ1) is 28.3. The predicted molar refractivity (Wildman–Crippen MR) is 154 cm³/mol. The number of hydrogen-bond acceptors (Lipinski definition) is 6. The van der Waals surface area contributed by atoms with E-state index in [0.29, 0.717) is 45.9 Å². The fourth-order valence-corrected chi connectivity index (χ4v) is 5.46. The Balaban J connectivity index is 0.00000144. The summed E-state index contributed by atoms with van der Waals surface area (Å²) >= 11 is 0. The predicted octanol–water partition coefficient (Wildman–Crippen LogP) is 0.135. The van der Waals surface area contributed by atoms with E-state index in [0.717, 1.165) is 43.8 Å². The van der Waals surface area contributed by atoms with Crippen molar-refractivity contribution in [3.8, 4) is 45.6 Å². The Kier molecular flexibility index (Phi) is 7.56. The zero-order valence-electron chi connectivity index (χ0n) is 22.8. The molecule has 0 saturated carbocycles. The molecule has 2 aliphatic heterocycles.